The van der Waals surface area contributed by atoms with Crippen molar-refractivity contribution in [3.63, 3.8) is 0 Å². The molecule has 0 fully saturated rings. The van der Waals surface area contributed by atoms with Crippen molar-refractivity contribution in [2.45, 2.75) is 38.7 Å². The normalized spacial score (nSPS) is 12.9. The van der Waals surface area contributed by atoms with E-state index in [1.165, 1.54) is 11.8 Å². The Bertz CT molecular complexity index is 600. The van der Waals surface area contributed by atoms with E-state index in [9.17, 15) is 9.90 Å². The Hall–Kier alpha value is -2.07. The highest BCUT2D eigenvalue weighted by Gasteiger charge is 2.30. The van der Waals surface area contributed by atoms with Gasteiger partial charge in [0, 0.05) is 0 Å². The molecule has 0 aliphatic rings. The number of hydrogen-bond acceptors (Lipinski definition) is 3. The molecule has 0 bridgehead atoms. The van der Waals surface area contributed by atoms with Gasteiger partial charge in [0.25, 0.3) is 0 Å². The van der Waals surface area contributed by atoms with Crippen LogP contribution in [0.4, 0.5) is 0 Å². The molecule has 118 valence electrons. The van der Waals surface area contributed by atoms with Gasteiger partial charge in [0.2, 0.25) is 5.91 Å². The fourth-order valence-electron chi connectivity index (χ4n) is 2.28. The van der Waals surface area contributed by atoms with E-state index in [1.54, 1.807) is 12.1 Å². The summed E-state index contributed by atoms with van der Waals surface area (Å²) < 4.78 is 5.12. The van der Waals surface area contributed by atoms with Gasteiger partial charge in [0.05, 0.1) is 18.2 Å². The lowest BCUT2D eigenvalue weighted by Crippen LogP contribution is -2.41. The molecule has 0 aliphatic carbocycles. The summed E-state index contributed by atoms with van der Waals surface area (Å²) in [5, 5.41) is 12.7. The topological polar surface area (TPSA) is 62.5 Å². The third kappa shape index (κ3) is 3.57. The first-order valence-corrected chi connectivity index (χ1v) is 7.54. The van der Waals surface area contributed by atoms with Crippen molar-refractivity contribution in [2.24, 2.45) is 0 Å². The van der Waals surface area contributed by atoms with Crippen molar-refractivity contribution < 1.29 is 14.3 Å². The van der Waals surface area contributed by atoms with Crippen LogP contribution in [0.25, 0.3) is 0 Å². The number of nitrogens with one attached hydrogen (secondary N) is 1. The quantitative estimate of drug-likeness (QED) is 0.862. The molecule has 22 heavy (non-hydrogen) atoms. The van der Waals surface area contributed by atoms with E-state index in [0.29, 0.717) is 5.76 Å². The summed E-state index contributed by atoms with van der Waals surface area (Å²) in [6.07, 6.45) is 1.64. The smallest absolute Gasteiger partial charge is 0.230 e. The molecule has 1 heterocycles. The number of carbonyl (C=O) groups is 1. The minimum Gasteiger partial charge on any atom is -0.467 e. The maximum absolute atomic E-state index is 12.4. The van der Waals surface area contributed by atoms with Gasteiger partial charge in [0.1, 0.15) is 11.9 Å². The lowest BCUT2D eigenvalue weighted by molar-refractivity contribution is -0.126. The molecule has 0 saturated heterocycles. The highest BCUT2D eigenvalue weighted by Crippen LogP contribution is 2.24. The van der Waals surface area contributed by atoms with Gasteiger partial charge in [-0.05, 0) is 43.5 Å². The molecular weight excluding hydrogens is 278 g/mol. The summed E-state index contributed by atoms with van der Waals surface area (Å²) >= 11 is 0. The van der Waals surface area contributed by atoms with Gasteiger partial charge >= 0.3 is 0 Å². The van der Waals surface area contributed by atoms with Crippen LogP contribution in [0.2, 0.25) is 0 Å². The van der Waals surface area contributed by atoms with Crippen LogP contribution in [0.15, 0.2) is 47.1 Å². The Balaban J connectivity index is 2.00. The summed E-state index contributed by atoms with van der Waals surface area (Å²) in [5.41, 5.74) is 1.54. The van der Waals surface area contributed by atoms with Crippen molar-refractivity contribution in [3.05, 3.63) is 59.5 Å². The van der Waals surface area contributed by atoms with E-state index >= 15 is 0 Å². The lowest BCUT2D eigenvalue weighted by Gasteiger charge is -2.25. The Morgan fingerprint density at radius 3 is 2.50 bits per heavy atom. The molecule has 2 rings (SSSR count). The van der Waals surface area contributed by atoms with Gasteiger partial charge < -0.3 is 14.8 Å². The standard InChI is InChI=1S/C18H23NO3/c1-4-13-7-9-14(10-8-13)18(2,3)17(21)19-12-15(20)16-6-5-11-22-16/h5-11,15,20H,4,12H2,1-3H3,(H,19,21). The van der Waals surface area contributed by atoms with Gasteiger partial charge in [-0.15, -0.1) is 0 Å². The van der Waals surface area contributed by atoms with Crippen molar-refractivity contribution in [2.75, 3.05) is 6.54 Å². The lowest BCUT2D eigenvalue weighted by atomic mass is 9.83. The van der Waals surface area contributed by atoms with Gasteiger partial charge in [-0.3, -0.25) is 4.79 Å². The van der Waals surface area contributed by atoms with Gasteiger partial charge in [0.15, 0.2) is 0 Å². The fraction of sp³-hybridized carbons (Fsp3) is 0.389. The Morgan fingerprint density at radius 2 is 1.95 bits per heavy atom. The zero-order chi connectivity index (χ0) is 16.2. The van der Waals surface area contributed by atoms with Crippen LogP contribution in [0, 0.1) is 0 Å². The number of aliphatic hydroxyl groups excluding tert-OH is 1. The number of furan rings is 1. The number of aliphatic hydroxyl groups is 1. The van der Waals surface area contributed by atoms with E-state index in [0.717, 1.165) is 12.0 Å². The zero-order valence-corrected chi connectivity index (χ0v) is 13.3. The van der Waals surface area contributed by atoms with Crippen molar-refractivity contribution in [3.8, 4) is 0 Å². The monoisotopic (exact) mass is 301 g/mol. The third-order valence-electron chi connectivity index (χ3n) is 3.98. The van der Waals surface area contributed by atoms with Crippen LogP contribution >= 0.6 is 0 Å². The van der Waals surface area contributed by atoms with Gasteiger partial charge in [-0.2, -0.15) is 0 Å². The Labute approximate surface area is 131 Å². The average molecular weight is 301 g/mol. The molecule has 4 heteroatoms. The minimum absolute atomic E-state index is 0.123. The second kappa shape index (κ2) is 6.79. The number of hydrogen-bond donors (Lipinski definition) is 2. The fourth-order valence-corrected chi connectivity index (χ4v) is 2.28. The van der Waals surface area contributed by atoms with Gasteiger partial charge in [-0.25, -0.2) is 0 Å². The Morgan fingerprint density at radius 1 is 1.27 bits per heavy atom. The number of rotatable bonds is 6. The van der Waals surface area contributed by atoms with Crippen LogP contribution < -0.4 is 5.32 Å². The van der Waals surface area contributed by atoms with E-state index in [1.807, 2.05) is 38.1 Å². The predicted octanol–water partition coefficient (Wildman–Crippen LogP) is 2.97. The molecule has 2 N–H and O–H groups in total. The number of benzene rings is 1. The number of aryl methyl sites for hydroxylation is 1. The summed E-state index contributed by atoms with van der Waals surface area (Å²) in [7, 11) is 0. The molecule has 1 atom stereocenters. The van der Waals surface area contributed by atoms with Crippen LogP contribution in [0.5, 0.6) is 0 Å². The third-order valence-corrected chi connectivity index (χ3v) is 3.98. The molecule has 0 saturated carbocycles. The minimum atomic E-state index is -0.836. The molecule has 2 aromatic rings. The molecular formula is C18H23NO3. The average Bonchev–Trinajstić information content (AvgIpc) is 3.06. The van der Waals surface area contributed by atoms with Crippen molar-refractivity contribution in [1.29, 1.82) is 0 Å². The Kier molecular flexibility index (Phi) is 5.03. The first-order valence-electron chi connectivity index (χ1n) is 7.54. The molecule has 1 aromatic carbocycles. The summed E-state index contributed by atoms with van der Waals surface area (Å²) in [6.45, 7) is 5.98. The van der Waals surface area contributed by atoms with Crippen molar-refractivity contribution >= 4 is 5.91 Å². The predicted molar refractivity (Wildman–Crippen MR) is 85.5 cm³/mol. The first kappa shape index (κ1) is 16.3. The highest BCUT2D eigenvalue weighted by molar-refractivity contribution is 5.87. The molecule has 1 amide bonds. The van der Waals surface area contributed by atoms with Crippen LogP contribution in [0.1, 0.15) is 43.8 Å². The number of amides is 1. The van der Waals surface area contributed by atoms with Crippen LogP contribution in [-0.4, -0.2) is 17.6 Å². The van der Waals surface area contributed by atoms with E-state index in [2.05, 4.69) is 12.2 Å². The number of carbonyl (C=O) groups excluding carboxylic acids is 1. The van der Waals surface area contributed by atoms with E-state index < -0.39 is 11.5 Å². The largest absolute Gasteiger partial charge is 0.467 e. The van der Waals surface area contributed by atoms with Crippen LogP contribution in [0.3, 0.4) is 0 Å². The molecule has 4 nitrogen and oxygen atoms in total. The SMILES string of the molecule is CCc1ccc(C(C)(C)C(=O)NCC(O)c2ccco2)cc1. The molecule has 1 aromatic heterocycles. The summed E-state index contributed by atoms with van der Waals surface area (Å²) in [4.78, 5) is 12.4. The van der Waals surface area contributed by atoms with E-state index in [4.69, 9.17) is 4.42 Å². The second-order valence-corrected chi connectivity index (χ2v) is 5.92. The molecule has 1 unspecified atom stereocenters. The molecule has 0 spiro atoms. The van der Waals surface area contributed by atoms with E-state index in [-0.39, 0.29) is 12.5 Å². The maximum atomic E-state index is 12.4. The zero-order valence-electron chi connectivity index (χ0n) is 13.3. The first-order chi connectivity index (χ1) is 10.4. The maximum Gasteiger partial charge on any atom is 0.230 e. The molecule has 0 radical (unpaired) electrons. The molecule has 0 aliphatic heterocycles. The summed E-state index contributed by atoms with van der Waals surface area (Å²) in [5.74, 6) is 0.327. The second-order valence-electron chi connectivity index (χ2n) is 5.92. The van der Waals surface area contributed by atoms with Gasteiger partial charge in [-0.1, -0.05) is 31.2 Å². The van der Waals surface area contributed by atoms with Crippen molar-refractivity contribution in [1.82, 2.24) is 5.32 Å². The summed E-state index contributed by atoms with van der Waals surface area (Å²) in [6, 6.07) is 11.5. The highest BCUT2D eigenvalue weighted by atomic mass is 16.4. The van der Waals surface area contributed by atoms with Crippen LogP contribution in [-0.2, 0) is 16.6 Å².